The Kier molecular flexibility index (Phi) is 6.97. The molecule has 3 rings (SSSR count). The second kappa shape index (κ2) is 9.28. The maximum Gasteiger partial charge on any atom is 0.284 e. The number of anilines is 1. The molecule has 0 spiro atoms. The second-order valence-corrected chi connectivity index (χ2v) is 9.75. The van der Waals surface area contributed by atoms with Crippen molar-refractivity contribution in [1.82, 2.24) is 4.90 Å². The van der Waals surface area contributed by atoms with E-state index in [0.717, 1.165) is 30.3 Å². The largest absolute Gasteiger partial charge is 0.362 e. The lowest BCUT2D eigenvalue weighted by Gasteiger charge is -2.17. The Morgan fingerprint density at radius 2 is 1.97 bits per heavy atom. The van der Waals surface area contributed by atoms with Crippen molar-refractivity contribution in [1.29, 1.82) is 0 Å². The van der Waals surface area contributed by atoms with Crippen LogP contribution in [0.2, 0.25) is 5.02 Å². The lowest BCUT2D eigenvalue weighted by atomic mass is 10.2. The number of rotatable bonds is 4. The number of carbonyl (C=O) groups is 1. The van der Waals surface area contributed by atoms with Crippen molar-refractivity contribution >= 4 is 55.0 Å². The van der Waals surface area contributed by atoms with Crippen molar-refractivity contribution in [2.75, 3.05) is 18.9 Å². The summed E-state index contributed by atoms with van der Waals surface area (Å²) < 4.78 is 30.4. The summed E-state index contributed by atoms with van der Waals surface area (Å²) in [4.78, 5) is 14.4. The van der Waals surface area contributed by atoms with Crippen molar-refractivity contribution in [3.8, 4) is 0 Å². The molecule has 1 fully saturated rings. The Morgan fingerprint density at radius 3 is 2.72 bits per heavy atom. The van der Waals surface area contributed by atoms with Gasteiger partial charge in [0.15, 0.2) is 0 Å². The third kappa shape index (κ3) is 5.58. The van der Waals surface area contributed by atoms with Gasteiger partial charge in [0.05, 0.1) is 15.5 Å². The van der Waals surface area contributed by atoms with Crippen LogP contribution in [-0.2, 0) is 10.0 Å². The number of nitrogens with zero attached hydrogens (tertiary/aromatic N) is 2. The maximum absolute atomic E-state index is 12.8. The first kappa shape index (κ1) is 21.8. The van der Waals surface area contributed by atoms with Gasteiger partial charge in [0, 0.05) is 30.2 Å². The Balaban J connectivity index is 1.84. The zero-order chi connectivity index (χ0) is 21.0. The second-order valence-electron chi connectivity index (χ2n) is 6.82. The maximum atomic E-state index is 12.8. The summed E-state index contributed by atoms with van der Waals surface area (Å²) in [7, 11) is -2.02. The van der Waals surface area contributed by atoms with E-state index in [-0.39, 0.29) is 4.90 Å². The van der Waals surface area contributed by atoms with Crippen molar-refractivity contribution in [2.45, 2.75) is 30.6 Å². The van der Waals surface area contributed by atoms with Gasteiger partial charge in [-0.3, -0.25) is 4.79 Å². The highest BCUT2D eigenvalue weighted by atomic mass is 79.9. The minimum absolute atomic E-state index is 0.0300. The minimum Gasteiger partial charge on any atom is -0.362 e. The van der Waals surface area contributed by atoms with Gasteiger partial charge >= 0.3 is 0 Å². The first-order valence-corrected chi connectivity index (χ1v) is 11.8. The van der Waals surface area contributed by atoms with Crippen LogP contribution in [0.25, 0.3) is 0 Å². The lowest BCUT2D eigenvalue weighted by molar-refractivity contribution is 0.102. The fraction of sp³-hybridized carbons (Fsp3) is 0.300. The number of sulfonamides is 1. The van der Waals surface area contributed by atoms with Gasteiger partial charge in [0.25, 0.3) is 15.9 Å². The van der Waals surface area contributed by atoms with E-state index < -0.39 is 15.9 Å². The van der Waals surface area contributed by atoms with E-state index in [4.69, 9.17) is 11.6 Å². The van der Waals surface area contributed by atoms with E-state index in [1.165, 1.54) is 12.1 Å². The normalized spacial score (nSPS) is 16.5. The number of amides is 1. The van der Waals surface area contributed by atoms with Crippen LogP contribution in [0.3, 0.4) is 0 Å². The molecule has 0 bridgehead atoms. The van der Waals surface area contributed by atoms with Crippen LogP contribution in [-0.4, -0.2) is 38.7 Å². The molecule has 0 saturated carbocycles. The number of amidine groups is 1. The van der Waals surface area contributed by atoms with E-state index in [1.54, 1.807) is 30.3 Å². The molecule has 1 amide bonds. The van der Waals surface area contributed by atoms with Crippen molar-refractivity contribution in [3.05, 3.63) is 57.5 Å². The van der Waals surface area contributed by atoms with Gasteiger partial charge in [-0.25, -0.2) is 0 Å². The number of hydrogen-bond acceptors (Lipinski definition) is 3. The van der Waals surface area contributed by atoms with Crippen molar-refractivity contribution < 1.29 is 13.2 Å². The molecule has 0 aliphatic carbocycles. The number of nitrogens with one attached hydrogen (secondary N) is 1. The number of likely N-dealkylation sites (tertiary alicyclic amines) is 1. The van der Waals surface area contributed by atoms with E-state index in [0.29, 0.717) is 28.5 Å². The molecule has 0 atom stereocenters. The highest BCUT2D eigenvalue weighted by molar-refractivity contribution is 9.10. The summed E-state index contributed by atoms with van der Waals surface area (Å²) in [5.41, 5.74) is 0.646. The average Bonchev–Trinajstić information content (AvgIpc) is 2.86. The number of carbonyl (C=O) groups excluding carboxylic acids is 1. The first-order valence-electron chi connectivity index (χ1n) is 9.18. The highest BCUT2D eigenvalue weighted by Gasteiger charge is 2.19. The van der Waals surface area contributed by atoms with Crippen LogP contribution in [0.1, 0.15) is 36.0 Å². The van der Waals surface area contributed by atoms with Crippen LogP contribution < -0.4 is 5.32 Å². The van der Waals surface area contributed by atoms with Gasteiger partial charge in [-0.2, -0.15) is 8.42 Å². The van der Waals surface area contributed by atoms with E-state index in [1.807, 2.05) is 11.9 Å². The standard InChI is InChI=1S/C20H21BrClN3O3S/c1-25-11-4-2-3-8-19(25)24-29(27,28)16-7-5-6-15(13-16)23-20(26)17-10-9-14(21)12-18(17)22/h5-7,9-10,12-13H,2-4,8,11H2,1H3,(H,23,26)/b24-19+. The van der Waals surface area contributed by atoms with Crippen molar-refractivity contribution in [3.63, 3.8) is 0 Å². The van der Waals surface area contributed by atoms with Crippen molar-refractivity contribution in [2.24, 2.45) is 4.40 Å². The third-order valence-corrected chi connectivity index (χ3v) is 6.73. The van der Waals surface area contributed by atoms with Gasteiger partial charge in [-0.05, 0) is 49.2 Å². The smallest absolute Gasteiger partial charge is 0.284 e. The van der Waals surface area contributed by atoms with Crippen LogP contribution in [0.15, 0.2) is 56.2 Å². The molecule has 1 aliphatic rings. The van der Waals surface area contributed by atoms with Crippen LogP contribution in [0.5, 0.6) is 0 Å². The van der Waals surface area contributed by atoms with Gasteiger partial charge in [0.1, 0.15) is 5.84 Å². The number of benzene rings is 2. The monoisotopic (exact) mass is 497 g/mol. The van der Waals surface area contributed by atoms with Gasteiger partial charge < -0.3 is 10.2 Å². The molecule has 1 N–H and O–H groups in total. The fourth-order valence-electron chi connectivity index (χ4n) is 3.04. The summed E-state index contributed by atoms with van der Waals surface area (Å²) >= 11 is 9.42. The van der Waals surface area contributed by atoms with Gasteiger partial charge in [0.2, 0.25) is 0 Å². The Bertz CT molecular complexity index is 1060. The number of hydrogen-bond donors (Lipinski definition) is 1. The summed E-state index contributed by atoms with van der Waals surface area (Å²) in [5, 5.41) is 2.99. The minimum atomic E-state index is -3.88. The Morgan fingerprint density at radius 1 is 1.17 bits per heavy atom. The Hall–Kier alpha value is -1.90. The third-order valence-electron chi connectivity index (χ3n) is 4.63. The molecule has 0 aromatic heterocycles. The van der Waals surface area contributed by atoms with Crippen LogP contribution in [0.4, 0.5) is 5.69 Å². The molecule has 154 valence electrons. The summed E-state index contributed by atoms with van der Waals surface area (Å²) in [6.07, 6.45) is 3.64. The molecule has 9 heteroatoms. The van der Waals surface area contributed by atoms with Gasteiger partial charge in [-0.15, -0.1) is 4.40 Å². The van der Waals surface area contributed by atoms with Crippen LogP contribution >= 0.6 is 27.5 Å². The topological polar surface area (TPSA) is 78.8 Å². The first-order chi connectivity index (χ1) is 13.8. The molecule has 6 nitrogen and oxygen atoms in total. The van der Waals surface area contributed by atoms with E-state index in [9.17, 15) is 13.2 Å². The molecule has 29 heavy (non-hydrogen) atoms. The average molecular weight is 499 g/mol. The summed E-state index contributed by atoms with van der Waals surface area (Å²) in [6.45, 7) is 0.790. The molecule has 0 radical (unpaired) electrons. The fourth-order valence-corrected chi connectivity index (χ4v) is 4.94. The molecule has 0 unspecified atom stereocenters. The molecular formula is C20H21BrClN3O3S. The molecule has 2 aromatic carbocycles. The highest BCUT2D eigenvalue weighted by Crippen LogP contribution is 2.24. The SMILES string of the molecule is CN1CCCCC/C1=N\S(=O)(=O)c1cccc(NC(=O)c2ccc(Br)cc2Cl)c1. The lowest BCUT2D eigenvalue weighted by Crippen LogP contribution is -2.26. The summed E-state index contributed by atoms with van der Waals surface area (Å²) in [5.74, 6) is 0.144. The predicted octanol–water partition coefficient (Wildman–Crippen LogP) is 4.95. The van der Waals surface area contributed by atoms with E-state index in [2.05, 4.69) is 25.6 Å². The van der Waals surface area contributed by atoms with E-state index >= 15 is 0 Å². The zero-order valence-electron chi connectivity index (χ0n) is 15.9. The molecule has 2 aromatic rings. The molecule has 1 aliphatic heterocycles. The summed E-state index contributed by atoms with van der Waals surface area (Å²) in [6, 6.07) is 11.0. The quantitative estimate of drug-likeness (QED) is 0.647. The zero-order valence-corrected chi connectivity index (χ0v) is 19.0. The molecule has 1 saturated heterocycles. The molecular weight excluding hydrogens is 478 g/mol. The molecule has 1 heterocycles. The predicted molar refractivity (Wildman–Crippen MR) is 119 cm³/mol. The Labute approximate surface area is 184 Å². The number of halogens is 2. The van der Waals surface area contributed by atoms with Crippen LogP contribution in [0, 0.1) is 0 Å². The van der Waals surface area contributed by atoms with Gasteiger partial charge in [-0.1, -0.05) is 40.0 Å².